The minimum absolute atomic E-state index is 0.284. The molecule has 4 heteroatoms. The maximum atomic E-state index is 11.3. The number of carbonyl (C=O) groups is 1. The van der Waals surface area contributed by atoms with Crippen LogP contribution in [-0.2, 0) is 0 Å². The second-order valence-corrected chi connectivity index (χ2v) is 4.46. The lowest BCUT2D eigenvalue weighted by Crippen LogP contribution is -1.95. The third kappa shape index (κ3) is 1.91. The molecule has 0 fully saturated rings. The van der Waals surface area contributed by atoms with Gasteiger partial charge in [-0.2, -0.15) is 0 Å². The van der Waals surface area contributed by atoms with Crippen molar-refractivity contribution in [3.05, 3.63) is 54.2 Å². The van der Waals surface area contributed by atoms with Crippen LogP contribution in [0.25, 0.3) is 22.0 Å². The summed E-state index contributed by atoms with van der Waals surface area (Å²) in [6, 6.07) is 13.3. The molecule has 0 aliphatic heterocycles. The van der Waals surface area contributed by atoms with E-state index < -0.39 is 5.97 Å². The third-order valence-electron chi connectivity index (χ3n) is 3.34. The number of hydrogen-bond acceptors (Lipinski definition) is 2. The van der Waals surface area contributed by atoms with Gasteiger partial charge in [0.05, 0.1) is 12.7 Å². The Morgan fingerprint density at radius 2 is 1.90 bits per heavy atom. The topological polar surface area (TPSA) is 62.3 Å². The number of carboxylic acid groups (broad SMARTS) is 1. The van der Waals surface area contributed by atoms with E-state index in [1.54, 1.807) is 7.11 Å². The first-order valence-corrected chi connectivity index (χ1v) is 6.18. The summed E-state index contributed by atoms with van der Waals surface area (Å²) in [5, 5.41) is 10.0. The van der Waals surface area contributed by atoms with E-state index in [0.717, 1.165) is 27.8 Å². The highest BCUT2D eigenvalue weighted by Gasteiger charge is 2.14. The van der Waals surface area contributed by atoms with Gasteiger partial charge in [-0.25, -0.2) is 4.79 Å². The SMILES string of the molecule is COc1ccc(-c2cccc3[nH]cc(C(=O)O)c23)cc1. The first kappa shape index (κ1) is 12.3. The highest BCUT2D eigenvalue weighted by molar-refractivity contribution is 6.09. The molecule has 0 atom stereocenters. The molecule has 1 heterocycles. The maximum absolute atomic E-state index is 11.3. The third-order valence-corrected chi connectivity index (χ3v) is 3.34. The number of nitrogens with one attached hydrogen (secondary N) is 1. The molecule has 1 aromatic heterocycles. The van der Waals surface area contributed by atoms with Crippen LogP contribution in [0.3, 0.4) is 0 Å². The molecular formula is C16H13NO3. The number of ether oxygens (including phenoxy) is 1. The smallest absolute Gasteiger partial charge is 0.337 e. The van der Waals surface area contributed by atoms with Crippen molar-refractivity contribution in [2.75, 3.05) is 7.11 Å². The number of fused-ring (bicyclic) bond motifs is 1. The van der Waals surface area contributed by atoms with E-state index in [-0.39, 0.29) is 5.56 Å². The van der Waals surface area contributed by atoms with E-state index in [0.29, 0.717) is 0 Å². The van der Waals surface area contributed by atoms with Crippen LogP contribution in [0, 0.1) is 0 Å². The van der Waals surface area contributed by atoms with Crippen LogP contribution in [0.2, 0.25) is 0 Å². The number of aromatic carboxylic acids is 1. The fourth-order valence-corrected chi connectivity index (χ4v) is 2.36. The largest absolute Gasteiger partial charge is 0.497 e. The van der Waals surface area contributed by atoms with Gasteiger partial charge in [-0.05, 0) is 29.3 Å². The molecule has 0 saturated carbocycles. The van der Waals surface area contributed by atoms with Gasteiger partial charge in [0.25, 0.3) is 0 Å². The molecular weight excluding hydrogens is 254 g/mol. The molecule has 0 spiro atoms. The fraction of sp³-hybridized carbons (Fsp3) is 0.0625. The van der Waals surface area contributed by atoms with Gasteiger partial charge in [-0.15, -0.1) is 0 Å². The van der Waals surface area contributed by atoms with Crippen LogP contribution in [0.5, 0.6) is 5.75 Å². The highest BCUT2D eigenvalue weighted by Crippen LogP contribution is 2.32. The van der Waals surface area contributed by atoms with Gasteiger partial charge in [0, 0.05) is 17.1 Å². The Balaban J connectivity index is 2.24. The van der Waals surface area contributed by atoms with Gasteiger partial charge in [-0.1, -0.05) is 24.3 Å². The highest BCUT2D eigenvalue weighted by atomic mass is 16.5. The number of aromatic nitrogens is 1. The summed E-state index contributed by atoms with van der Waals surface area (Å²) in [6.45, 7) is 0. The van der Waals surface area contributed by atoms with Crippen molar-refractivity contribution >= 4 is 16.9 Å². The van der Waals surface area contributed by atoms with Gasteiger partial charge in [-0.3, -0.25) is 0 Å². The molecule has 2 N–H and O–H groups in total. The molecule has 0 bridgehead atoms. The van der Waals surface area contributed by atoms with Crippen LogP contribution in [0.4, 0.5) is 0 Å². The average Bonchev–Trinajstić information content (AvgIpc) is 2.91. The van der Waals surface area contributed by atoms with Crippen molar-refractivity contribution in [3.63, 3.8) is 0 Å². The summed E-state index contributed by atoms with van der Waals surface area (Å²) in [6.07, 6.45) is 1.53. The predicted molar refractivity (Wildman–Crippen MR) is 77.2 cm³/mol. The molecule has 0 aliphatic rings. The van der Waals surface area contributed by atoms with Gasteiger partial charge in [0.15, 0.2) is 0 Å². The summed E-state index contributed by atoms with van der Waals surface area (Å²) < 4.78 is 5.14. The van der Waals surface area contributed by atoms with E-state index in [2.05, 4.69) is 4.98 Å². The summed E-state index contributed by atoms with van der Waals surface area (Å²) >= 11 is 0. The van der Waals surface area contributed by atoms with Gasteiger partial charge in [0.2, 0.25) is 0 Å². The number of methoxy groups -OCH3 is 1. The molecule has 0 radical (unpaired) electrons. The van der Waals surface area contributed by atoms with E-state index in [1.807, 2.05) is 42.5 Å². The van der Waals surface area contributed by atoms with Crippen LogP contribution < -0.4 is 4.74 Å². The average molecular weight is 267 g/mol. The molecule has 0 unspecified atom stereocenters. The Morgan fingerprint density at radius 3 is 2.55 bits per heavy atom. The second kappa shape index (κ2) is 4.74. The van der Waals surface area contributed by atoms with Crippen LogP contribution in [0.15, 0.2) is 48.7 Å². The maximum Gasteiger partial charge on any atom is 0.337 e. The lowest BCUT2D eigenvalue weighted by molar-refractivity contribution is 0.0699. The first-order valence-electron chi connectivity index (χ1n) is 6.18. The van der Waals surface area contributed by atoms with Crippen LogP contribution >= 0.6 is 0 Å². The lowest BCUT2D eigenvalue weighted by atomic mass is 9.99. The summed E-state index contributed by atoms with van der Waals surface area (Å²) in [4.78, 5) is 14.3. The minimum Gasteiger partial charge on any atom is -0.497 e. The zero-order valence-corrected chi connectivity index (χ0v) is 10.9. The van der Waals surface area contributed by atoms with Crippen molar-refractivity contribution in [2.24, 2.45) is 0 Å². The molecule has 4 nitrogen and oxygen atoms in total. The van der Waals surface area contributed by atoms with E-state index in [1.165, 1.54) is 6.20 Å². The van der Waals surface area contributed by atoms with Gasteiger partial charge in [0.1, 0.15) is 5.75 Å². The van der Waals surface area contributed by atoms with E-state index in [4.69, 9.17) is 4.74 Å². The lowest BCUT2D eigenvalue weighted by Gasteiger charge is -2.06. The summed E-state index contributed by atoms with van der Waals surface area (Å²) in [5.41, 5.74) is 2.95. The van der Waals surface area contributed by atoms with Crippen molar-refractivity contribution in [1.82, 2.24) is 4.98 Å². The normalized spacial score (nSPS) is 10.7. The quantitative estimate of drug-likeness (QED) is 0.763. The molecule has 0 amide bonds. The zero-order chi connectivity index (χ0) is 14.1. The van der Waals surface area contributed by atoms with Crippen LogP contribution in [0.1, 0.15) is 10.4 Å². The number of benzene rings is 2. The zero-order valence-electron chi connectivity index (χ0n) is 10.9. The van der Waals surface area contributed by atoms with E-state index >= 15 is 0 Å². The summed E-state index contributed by atoms with van der Waals surface area (Å²) in [7, 11) is 1.62. The molecule has 0 saturated heterocycles. The van der Waals surface area contributed by atoms with Crippen molar-refractivity contribution in [1.29, 1.82) is 0 Å². The number of rotatable bonds is 3. The van der Waals surface area contributed by atoms with Gasteiger partial charge < -0.3 is 14.8 Å². The molecule has 100 valence electrons. The Kier molecular flexibility index (Phi) is 2.91. The number of carboxylic acids is 1. The molecule has 2 aromatic carbocycles. The monoisotopic (exact) mass is 267 g/mol. The van der Waals surface area contributed by atoms with E-state index in [9.17, 15) is 9.90 Å². The molecule has 20 heavy (non-hydrogen) atoms. The molecule has 3 rings (SSSR count). The second-order valence-electron chi connectivity index (χ2n) is 4.46. The first-order chi connectivity index (χ1) is 9.70. The van der Waals surface area contributed by atoms with Crippen molar-refractivity contribution in [2.45, 2.75) is 0 Å². The Morgan fingerprint density at radius 1 is 1.15 bits per heavy atom. The fourth-order valence-electron chi connectivity index (χ4n) is 2.36. The van der Waals surface area contributed by atoms with Crippen LogP contribution in [-0.4, -0.2) is 23.2 Å². The van der Waals surface area contributed by atoms with Gasteiger partial charge >= 0.3 is 5.97 Å². The summed E-state index contributed by atoms with van der Waals surface area (Å²) in [5.74, 6) is -0.161. The molecule has 0 aliphatic carbocycles. The number of hydrogen-bond donors (Lipinski definition) is 2. The van der Waals surface area contributed by atoms with Crippen molar-refractivity contribution in [3.8, 4) is 16.9 Å². The predicted octanol–water partition coefficient (Wildman–Crippen LogP) is 3.54. The Labute approximate surface area is 115 Å². The molecule has 3 aromatic rings. The Bertz CT molecular complexity index is 772. The minimum atomic E-state index is -0.933. The number of H-pyrrole nitrogens is 1. The standard InChI is InChI=1S/C16H13NO3/c1-20-11-7-5-10(6-8-11)12-3-2-4-14-15(12)13(9-17-14)16(18)19/h2-9,17H,1H3,(H,18,19). The number of aromatic amines is 1. The Hall–Kier alpha value is -2.75. The van der Waals surface area contributed by atoms with Crippen molar-refractivity contribution < 1.29 is 14.6 Å².